The molecule has 0 aliphatic carbocycles. The number of hydrogen-bond donors (Lipinski definition) is 1. The first-order chi connectivity index (χ1) is 13.3. The molecule has 1 fully saturated rings. The van der Waals surface area contributed by atoms with Crippen molar-refractivity contribution in [1.29, 1.82) is 0 Å². The molecule has 8 nitrogen and oxygen atoms in total. The summed E-state index contributed by atoms with van der Waals surface area (Å²) >= 11 is 5.92. The summed E-state index contributed by atoms with van der Waals surface area (Å²) in [4.78, 5) is 15.0. The molecule has 0 saturated carbocycles. The topological polar surface area (TPSA) is 105 Å². The Bertz CT molecular complexity index is 983. The van der Waals surface area contributed by atoms with Crippen LogP contribution in [0, 0.1) is 16.0 Å². The Morgan fingerprint density at radius 3 is 2.82 bits per heavy atom. The lowest BCUT2D eigenvalue weighted by Crippen LogP contribution is -2.39. The van der Waals surface area contributed by atoms with Gasteiger partial charge in [0.25, 0.3) is 5.69 Å². The summed E-state index contributed by atoms with van der Waals surface area (Å²) in [7, 11) is -3.77. The highest BCUT2D eigenvalue weighted by atomic mass is 35.5. The molecule has 0 spiro atoms. The predicted octanol–water partition coefficient (Wildman–Crippen LogP) is 3.68. The van der Waals surface area contributed by atoms with Crippen molar-refractivity contribution >= 4 is 33.0 Å². The molecule has 1 aromatic carbocycles. The first-order valence-electron chi connectivity index (χ1n) is 8.90. The molecule has 1 N–H and O–H groups in total. The molecule has 1 atom stereocenters. The summed E-state index contributed by atoms with van der Waals surface area (Å²) in [5, 5.41) is 15.0. The van der Waals surface area contributed by atoms with Crippen molar-refractivity contribution in [2.45, 2.75) is 31.2 Å². The monoisotopic (exact) mass is 424 g/mol. The zero-order valence-corrected chi connectivity index (χ0v) is 16.9. The average molecular weight is 425 g/mol. The van der Waals surface area contributed by atoms with E-state index >= 15 is 0 Å². The van der Waals surface area contributed by atoms with Gasteiger partial charge in [-0.2, -0.15) is 4.31 Å². The Morgan fingerprint density at radius 1 is 1.36 bits per heavy atom. The average Bonchev–Trinajstić information content (AvgIpc) is 2.66. The third kappa shape index (κ3) is 4.60. The highest BCUT2D eigenvalue weighted by molar-refractivity contribution is 7.89. The van der Waals surface area contributed by atoms with Crippen molar-refractivity contribution in [1.82, 2.24) is 9.29 Å². The number of nitrogens with one attached hydrogen (secondary N) is 1. The fourth-order valence-electron chi connectivity index (χ4n) is 3.22. The highest BCUT2D eigenvalue weighted by Crippen LogP contribution is 2.31. The lowest BCUT2D eigenvalue weighted by Gasteiger charge is -2.30. The van der Waals surface area contributed by atoms with Crippen molar-refractivity contribution in [3.63, 3.8) is 0 Å². The summed E-state index contributed by atoms with van der Waals surface area (Å²) in [6.07, 6.45) is 3.31. The molecule has 0 amide bonds. The van der Waals surface area contributed by atoms with E-state index in [0.717, 1.165) is 18.9 Å². The molecular formula is C18H21ClN4O4S. The molecule has 28 heavy (non-hydrogen) atoms. The molecule has 3 rings (SSSR count). The molecule has 1 aliphatic heterocycles. The second kappa shape index (κ2) is 8.42. The summed E-state index contributed by atoms with van der Waals surface area (Å²) < 4.78 is 27.2. The van der Waals surface area contributed by atoms with E-state index in [1.165, 1.54) is 16.4 Å². The van der Waals surface area contributed by atoms with Crippen molar-refractivity contribution < 1.29 is 13.3 Å². The zero-order chi connectivity index (χ0) is 20.3. The van der Waals surface area contributed by atoms with E-state index in [0.29, 0.717) is 23.8 Å². The number of nitro benzene ring substituents is 1. The molecule has 10 heteroatoms. The van der Waals surface area contributed by atoms with Crippen LogP contribution < -0.4 is 5.32 Å². The van der Waals surface area contributed by atoms with Gasteiger partial charge in [-0.3, -0.25) is 15.1 Å². The number of nitrogens with zero attached hydrogens (tertiary/aromatic N) is 3. The van der Waals surface area contributed by atoms with Gasteiger partial charge in [-0.25, -0.2) is 8.42 Å². The second-order valence-electron chi connectivity index (χ2n) is 6.87. The summed E-state index contributed by atoms with van der Waals surface area (Å²) in [6.45, 7) is 3.08. The van der Waals surface area contributed by atoms with E-state index in [4.69, 9.17) is 11.6 Å². The van der Waals surface area contributed by atoms with Gasteiger partial charge in [0, 0.05) is 30.4 Å². The van der Waals surface area contributed by atoms with E-state index in [1.807, 2.05) is 6.92 Å². The number of rotatable bonds is 6. The van der Waals surface area contributed by atoms with Crippen LogP contribution in [0.5, 0.6) is 0 Å². The van der Waals surface area contributed by atoms with Gasteiger partial charge in [0.2, 0.25) is 10.0 Å². The molecule has 2 heterocycles. The molecule has 0 bridgehead atoms. The van der Waals surface area contributed by atoms with Crippen LogP contribution in [0.2, 0.25) is 5.02 Å². The SMILES string of the molecule is CC1CCCN(S(=O)(=O)c2ccc(NCc3cc(Cl)ccn3)c([N+](=O)[O-])c2)C1. The standard InChI is InChI=1S/C18H21ClN4O4S/c1-13-3-2-8-22(12-13)28(26,27)16-4-5-17(18(10-16)23(24)25)21-11-15-9-14(19)6-7-20-15/h4-7,9-10,13,21H,2-3,8,11-12H2,1H3. The number of halogens is 1. The number of pyridine rings is 1. The first-order valence-corrected chi connectivity index (χ1v) is 10.7. The minimum atomic E-state index is -3.77. The summed E-state index contributed by atoms with van der Waals surface area (Å²) in [5.74, 6) is 0.268. The van der Waals surface area contributed by atoms with E-state index in [2.05, 4.69) is 10.3 Å². The Hall–Kier alpha value is -2.23. The molecule has 0 radical (unpaired) electrons. The van der Waals surface area contributed by atoms with E-state index < -0.39 is 14.9 Å². The number of sulfonamides is 1. The highest BCUT2D eigenvalue weighted by Gasteiger charge is 2.30. The predicted molar refractivity (Wildman–Crippen MR) is 107 cm³/mol. The normalized spacial score (nSPS) is 18.0. The van der Waals surface area contributed by atoms with Gasteiger partial charge >= 0.3 is 0 Å². The van der Waals surface area contributed by atoms with Crippen LogP contribution in [0.25, 0.3) is 0 Å². The maximum atomic E-state index is 12.9. The Balaban J connectivity index is 1.85. The van der Waals surface area contributed by atoms with Crippen molar-refractivity contribution in [2.75, 3.05) is 18.4 Å². The van der Waals surface area contributed by atoms with Crippen LogP contribution in [-0.4, -0.2) is 35.7 Å². The fraction of sp³-hybridized carbons (Fsp3) is 0.389. The van der Waals surface area contributed by atoms with Gasteiger partial charge < -0.3 is 5.32 Å². The van der Waals surface area contributed by atoms with Gasteiger partial charge in [-0.15, -0.1) is 0 Å². The number of piperidine rings is 1. The van der Waals surface area contributed by atoms with Crippen LogP contribution in [0.15, 0.2) is 41.4 Å². The minimum absolute atomic E-state index is 0.0697. The number of aromatic nitrogens is 1. The Kier molecular flexibility index (Phi) is 6.17. The third-order valence-electron chi connectivity index (χ3n) is 4.66. The second-order valence-corrected chi connectivity index (χ2v) is 9.24. The van der Waals surface area contributed by atoms with Crippen molar-refractivity contribution in [2.24, 2.45) is 5.92 Å². The minimum Gasteiger partial charge on any atom is -0.374 e. The van der Waals surface area contributed by atoms with Crippen LogP contribution in [0.3, 0.4) is 0 Å². The molecule has 1 saturated heterocycles. The van der Waals surface area contributed by atoms with Crippen molar-refractivity contribution in [3.05, 3.63) is 57.4 Å². The zero-order valence-electron chi connectivity index (χ0n) is 15.3. The maximum Gasteiger partial charge on any atom is 0.293 e. The molecule has 1 unspecified atom stereocenters. The van der Waals surface area contributed by atoms with Gasteiger partial charge in [0.05, 0.1) is 22.1 Å². The Morgan fingerprint density at radius 2 is 2.14 bits per heavy atom. The van der Waals surface area contributed by atoms with Crippen LogP contribution >= 0.6 is 11.6 Å². The molecule has 1 aromatic heterocycles. The third-order valence-corrected chi connectivity index (χ3v) is 6.76. The number of benzene rings is 1. The van der Waals surface area contributed by atoms with E-state index in [1.54, 1.807) is 18.3 Å². The van der Waals surface area contributed by atoms with E-state index in [9.17, 15) is 18.5 Å². The maximum absolute atomic E-state index is 12.9. The molecular weight excluding hydrogens is 404 g/mol. The summed E-state index contributed by atoms with van der Waals surface area (Å²) in [6, 6.07) is 7.21. The molecule has 2 aromatic rings. The largest absolute Gasteiger partial charge is 0.374 e. The van der Waals surface area contributed by atoms with Crippen LogP contribution in [0.1, 0.15) is 25.5 Å². The summed E-state index contributed by atoms with van der Waals surface area (Å²) in [5.41, 5.74) is 0.534. The lowest BCUT2D eigenvalue weighted by molar-refractivity contribution is -0.384. The van der Waals surface area contributed by atoms with Crippen LogP contribution in [-0.2, 0) is 16.6 Å². The lowest BCUT2D eigenvalue weighted by atomic mass is 10.0. The fourth-order valence-corrected chi connectivity index (χ4v) is 5.02. The number of nitro groups is 1. The first kappa shape index (κ1) is 20.5. The number of anilines is 1. The molecule has 1 aliphatic rings. The number of hydrogen-bond acceptors (Lipinski definition) is 6. The van der Waals surface area contributed by atoms with Crippen molar-refractivity contribution in [3.8, 4) is 0 Å². The van der Waals surface area contributed by atoms with Gasteiger partial charge in [-0.1, -0.05) is 18.5 Å². The molecule has 150 valence electrons. The van der Waals surface area contributed by atoms with Gasteiger partial charge in [0.1, 0.15) is 5.69 Å². The van der Waals surface area contributed by atoms with Gasteiger partial charge in [-0.05, 0) is 43.0 Å². The van der Waals surface area contributed by atoms with Crippen LogP contribution in [0.4, 0.5) is 11.4 Å². The van der Waals surface area contributed by atoms with Gasteiger partial charge in [0.15, 0.2) is 0 Å². The smallest absolute Gasteiger partial charge is 0.293 e. The van der Waals surface area contributed by atoms with E-state index in [-0.39, 0.29) is 28.7 Å². The Labute approximate surface area is 168 Å². The quantitative estimate of drug-likeness (QED) is 0.560.